The number of nitrogens with zero attached hydrogens (tertiary/aromatic N) is 3. The van der Waals surface area contributed by atoms with E-state index >= 15 is 0 Å². The summed E-state index contributed by atoms with van der Waals surface area (Å²) in [5.74, 6) is 2.50. The first kappa shape index (κ1) is 19.1. The molecule has 29 heavy (non-hydrogen) atoms. The van der Waals surface area contributed by atoms with Crippen LogP contribution < -0.4 is 10.1 Å². The first-order valence-electron chi connectivity index (χ1n) is 9.98. The van der Waals surface area contributed by atoms with Crippen LogP contribution in [0.1, 0.15) is 30.7 Å². The van der Waals surface area contributed by atoms with Gasteiger partial charge >= 0.3 is 0 Å². The van der Waals surface area contributed by atoms with Crippen LogP contribution in [-0.4, -0.2) is 34.2 Å². The fourth-order valence-electron chi connectivity index (χ4n) is 3.46. The van der Waals surface area contributed by atoms with Crippen LogP contribution in [0, 0.1) is 5.92 Å². The summed E-state index contributed by atoms with van der Waals surface area (Å²) in [6.45, 7) is 1.36. The number of fused-ring (bicyclic) bond motifs is 1. The summed E-state index contributed by atoms with van der Waals surface area (Å²) in [7, 11) is 0. The zero-order valence-corrected chi connectivity index (χ0v) is 16.2. The van der Waals surface area contributed by atoms with E-state index in [2.05, 4.69) is 26.5 Å². The van der Waals surface area contributed by atoms with Crippen LogP contribution in [0.2, 0.25) is 0 Å². The molecule has 150 valence electrons. The number of carbonyl (C=O) groups is 1. The van der Waals surface area contributed by atoms with Gasteiger partial charge in [-0.1, -0.05) is 23.4 Å². The maximum atomic E-state index is 12.2. The van der Waals surface area contributed by atoms with E-state index < -0.39 is 0 Å². The van der Waals surface area contributed by atoms with Crippen LogP contribution in [0.3, 0.4) is 0 Å². The number of carbonyl (C=O) groups excluding carboxylic acids is 1. The predicted octanol–water partition coefficient (Wildman–Crippen LogP) is 3.21. The molecule has 2 aromatic heterocycles. The minimum absolute atomic E-state index is 0.0531. The summed E-state index contributed by atoms with van der Waals surface area (Å²) in [5.41, 5.74) is 2.08. The Balaban J connectivity index is 1.20. The number of hydrogen-bond donors (Lipinski definition) is 1. The molecule has 1 atom stereocenters. The molecule has 1 amide bonds. The average Bonchev–Trinajstić information content (AvgIpc) is 3.12. The third-order valence-electron chi connectivity index (χ3n) is 5.05. The summed E-state index contributed by atoms with van der Waals surface area (Å²) in [4.78, 5) is 20.6. The van der Waals surface area contributed by atoms with Gasteiger partial charge in [0.2, 0.25) is 17.6 Å². The highest BCUT2D eigenvalue weighted by molar-refractivity contribution is 5.75. The smallest absolute Gasteiger partial charge is 0.226 e. The zero-order valence-electron chi connectivity index (χ0n) is 16.2. The molecular weight excluding hydrogens is 368 g/mol. The number of ether oxygens (including phenoxy) is 1. The lowest BCUT2D eigenvalue weighted by Crippen LogP contribution is -2.30. The van der Waals surface area contributed by atoms with Crippen LogP contribution in [0.4, 0.5) is 0 Å². The molecule has 0 spiro atoms. The highest BCUT2D eigenvalue weighted by atomic mass is 16.5. The van der Waals surface area contributed by atoms with Gasteiger partial charge in [0.25, 0.3) is 0 Å². The number of amides is 1. The van der Waals surface area contributed by atoms with Gasteiger partial charge in [-0.3, -0.25) is 9.78 Å². The SMILES string of the molecule is O=C(CCCc1nc(-c2ccncc2)no1)NCC1CCOc2ccccc2C1. The van der Waals surface area contributed by atoms with Gasteiger partial charge in [0.15, 0.2) is 0 Å². The lowest BCUT2D eigenvalue weighted by Gasteiger charge is -2.14. The van der Waals surface area contributed by atoms with Gasteiger partial charge < -0.3 is 14.6 Å². The molecule has 0 aliphatic carbocycles. The van der Waals surface area contributed by atoms with Crippen LogP contribution in [-0.2, 0) is 17.6 Å². The molecule has 0 fully saturated rings. The van der Waals surface area contributed by atoms with Crippen molar-refractivity contribution in [2.75, 3.05) is 13.2 Å². The Bertz CT molecular complexity index is 942. The van der Waals surface area contributed by atoms with Gasteiger partial charge in [-0.25, -0.2) is 0 Å². The molecule has 1 aromatic carbocycles. The second-order valence-corrected chi connectivity index (χ2v) is 7.22. The molecule has 7 heteroatoms. The maximum absolute atomic E-state index is 12.2. The minimum Gasteiger partial charge on any atom is -0.493 e. The van der Waals surface area contributed by atoms with Crippen molar-refractivity contribution in [3.05, 3.63) is 60.2 Å². The molecule has 4 rings (SSSR count). The van der Waals surface area contributed by atoms with Crippen molar-refractivity contribution < 1.29 is 14.1 Å². The maximum Gasteiger partial charge on any atom is 0.226 e. The fraction of sp³-hybridized carbons (Fsp3) is 0.364. The van der Waals surface area contributed by atoms with Gasteiger partial charge in [0.05, 0.1) is 6.61 Å². The molecule has 1 aliphatic rings. The number of pyridine rings is 1. The average molecular weight is 392 g/mol. The third-order valence-corrected chi connectivity index (χ3v) is 5.05. The minimum atomic E-state index is 0.0531. The fourth-order valence-corrected chi connectivity index (χ4v) is 3.46. The lowest BCUT2D eigenvalue weighted by molar-refractivity contribution is -0.121. The summed E-state index contributed by atoms with van der Waals surface area (Å²) in [6, 6.07) is 11.8. The zero-order chi connectivity index (χ0) is 19.9. The number of aromatic nitrogens is 3. The second-order valence-electron chi connectivity index (χ2n) is 7.22. The van der Waals surface area contributed by atoms with E-state index in [9.17, 15) is 4.79 Å². The summed E-state index contributed by atoms with van der Waals surface area (Å²) in [5, 5.41) is 7.04. The van der Waals surface area contributed by atoms with Gasteiger partial charge in [0, 0.05) is 37.3 Å². The molecule has 1 N–H and O–H groups in total. The van der Waals surface area contributed by atoms with Crippen LogP contribution >= 0.6 is 0 Å². The molecule has 0 saturated heterocycles. The quantitative estimate of drug-likeness (QED) is 0.664. The number of rotatable bonds is 7. The van der Waals surface area contributed by atoms with E-state index in [-0.39, 0.29) is 5.91 Å². The Morgan fingerprint density at radius 3 is 2.93 bits per heavy atom. The van der Waals surface area contributed by atoms with Crippen molar-refractivity contribution in [3.63, 3.8) is 0 Å². The van der Waals surface area contributed by atoms with E-state index in [4.69, 9.17) is 9.26 Å². The Hall–Kier alpha value is -3.22. The number of nitrogens with one attached hydrogen (secondary N) is 1. The van der Waals surface area contributed by atoms with E-state index in [1.807, 2.05) is 30.3 Å². The largest absolute Gasteiger partial charge is 0.493 e. The van der Waals surface area contributed by atoms with E-state index in [0.717, 1.165) is 24.2 Å². The monoisotopic (exact) mass is 392 g/mol. The molecule has 0 bridgehead atoms. The first-order chi connectivity index (χ1) is 14.3. The van der Waals surface area contributed by atoms with Gasteiger partial charge in [0.1, 0.15) is 5.75 Å². The molecule has 0 saturated carbocycles. The number of aryl methyl sites for hydroxylation is 1. The van der Waals surface area contributed by atoms with Crippen molar-refractivity contribution in [3.8, 4) is 17.1 Å². The van der Waals surface area contributed by atoms with E-state index in [0.29, 0.717) is 50.0 Å². The highest BCUT2D eigenvalue weighted by Crippen LogP contribution is 2.26. The predicted molar refractivity (Wildman–Crippen MR) is 107 cm³/mol. The highest BCUT2D eigenvalue weighted by Gasteiger charge is 2.18. The topological polar surface area (TPSA) is 90.1 Å². The molecule has 3 aromatic rings. The molecular formula is C22H24N4O3. The first-order valence-corrected chi connectivity index (χ1v) is 9.98. The molecule has 0 radical (unpaired) electrons. The Morgan fingerprint density at radius 2 is 2.03 bits per heavy atom. The van der Waals surface area contributed by atoms with Gasteiger partial charge in [-0.15, -0.1) is 0 Å². The number of hydrogen-bond acceptors (Lipinski definition) is 6. The van der Waals surface area contributed by atoms with Crippen LogP contribution in [0.15, 0.2) is 53.3 Å². The van der Waals surface area contributed by atoms with Crippen molar-refractivity contribution in [1.82, 2.24) is 20.4 Å². The second kappa shape index (κ2) is 9.32. The molecule has 3 heterocycles. The summed E-state index contributed by atoms with van der Waals surface area (Å²) >= 11 is 0. The lowest BCUT2D eigenvalue weighted by atomic mass is 9.97. The number of para-hydroxylation sites is 1. The van der Waals surface area contributed by atoms with Crippen molar-refractivity contribution >= 4 is 5.91 Å². The van der Waals surface area contributed by atoms with Crippen LogP contribution in [0.25, 0.3) is 11.4 Å². The molecule has 1 aliphatic heterocycles. The van der Waals surface area contributed by atoms with Crippen molar-refractivity contribution in [1.29, 1.82) is 0 Å². The summed E-state index contributed by atoms with van der Waals surface area (Å²) in [6.07, 6.45) is 6.93. The Labute approximate surface area is 169 Å². The van der Waals surface area contributed by atoms with E-state index in [1.165, 1.54) is 5.56 Å². The van der Waals surface area contributed by atoms with Crippen molar-refractivity contribution in [2.24, 2.45) is 5.92 Å². The Kier molecular flexibility index (Phi) is 6.14. The molecule has 7 nitrogen and oxygen atoms in total. The van der Waals surface area contributed by atoms with Crippen LogP contribution in [0.5, 0.6) is 5.75 Å². The Morgan fingerprint density at radius 1 is 1.17 bits per heavy atom. The molecule has 1 unspecified atom stereocenters. The normalized spacial score (nSPS) is 15.8. The number of benzene rings is 1. The summed E-state index contributed by atoms with van der Waals surface area (Å²) < 4.78 is 11.1. The van der Waals surface area contributed by atoms with Gasteiger partial charge in [-0.05, 0) is 48.9 Å². The third kappa shape index (κ3) is 5.19. The van der Waals surface area contributed by atoms with E-state index in [1.54, 1.807) is 12.4 Å². The van der Waals surface area contributed by atoms with Gasteiger partial charge in [-0.2, -0.15) is 4.98 Å². The standard InChI is InChI=1S/C22H24N4O3/c27-20(24-15-16-10-13-28-19-5-2-1-4-18(19)14-16)6-3-7-21-25-22(26-29-21)17-8-11-23-12-9-17/h1-2,4-5,8-9,11-12,16H,3,6-7,10,13-15H2,(H,24,27). The van der Waals surface area contributed by atoms with Crippen molar-refractivity contribution in [2.45, 2.75) is 32.1 Å².